The van der Waals surface area contributed by atoms with Gasteiger partial charge >= 0.3 is 0 Å². The summed E-state index contributed by atoms with van der Waals surface area (Å²) in [5.41, 5.74) is 4.13. The van der Waals surface area contributed by atoms with Crippen LogP contribution in [0.4, 0.5) is 0 Å². The summed E-state index contributed by atoms with van der Waals surface area (Å²) in [7, 11) is -0.406. The number of benzene rings is 4. The monoisotopic (exact) mass is 673 g/mol. The minimum Gasteiger partial charge on any atom is -0.387 e. The predicted molar refractivity (Wildman–Crippen MR) is 185 cm³/mol. The molecule has 4 aromatic carbocycles. The average molecular weight is 674 g/mol. The van der Waals surface area contributed by atoms with E-state index in [1.807, 2.05) is 121 Å². The molecule has 4 aromatic rings. The zero-order valence-electron chi connectivity index (χ0n) is 26.9. The highest BCUT2D eigenvalue weighted by atomic mass is 32.2. The van der Waals surface area contributed by atoms with E-state index < -0.39 is 41.6 Å². The van der Waals surface area contributed by atoms with E-state index in [1.165, 1.54) is 0 Å². The Morgan fingerprint density at radius 2 is 1.04 bits per heavy atom. The highest BCUT2D eigenvalue weighted by Crippen LogP contribution is 2.34. The average Bonchev–Trinajstić information content (AvgIpc) is 3.46. The first kappa shape index (κ1) is 34.8. The van der Waals surface area contributed by atoms with Crippen molar-refractivity contribution in [2.75, 3.05) is 18.1 Å². The van der Waals surface area contributed by atoms with E-state index in [1.54, 1.807) is 0 Å². The molecule has 0 saturated carbocycles. The molecule has 1 unspecified atom stereocenters. The Kier molecular flexibility index (Phi) is 12.7. The first-order valence-corrected chi connectivity index (χ1v) is 18.1. The van der Waals surface area contributed by atoms with E-state index in [4.69, 9.17) is 23.7 Å². The minimum absolute atomic E-state index is 0.0679. The van der Waals surface area contributed by atoms with Gasteiger partial charge < -0.3 is 39.0 Å². The number of hydrogen-bond acceptors (Lipinski definition) is 8. The van der Waals surface area contributed by atoms with Crippen molar-refractivity contribution in [3.8, 4) is 0 Å². The van der Waals surface area contributed by atoms with Gasteiger partial charge in [0.1, 0.15) is 48.1 Å². The van der Waals surface area contributed by atoms with Gasteiger partial charge in [0.05, 0.1) is 33.0 Å². The van der Waals surface area contributed by atoms with Crippen LogP contribution < -0.4 is 0 Å². The maximum atomic E-state index is 11.1. The second kappa shape index (κ2) is 17.5. The molecule has 2 saturated heterocycles. The van der Waals surface area contributed by atoms with Crippen LogP contribution in [0.1, 0.15) is 22.3 Å². The molecule has 0 spiro atoms. The summed E-state index contributed by atoms with van der Waals surface area (Å²) in [6.07, 6.45) is -6.48. The minimum atomic E-state index is -1.42. The smallest absolute Gasteiger partial charge is 0.187 e. The number of rotatable bonds is 15. The van der Waals surface area contributed by atoms with Crippen LogP contribution in [0.5, 0.6) is 0 Å². The van der Waals surface area contributed by atoms with Crippen molar-refractivity contribution in [2.24, 2.45) is 0 Å². The summed E-state index contributed by atoms with van der Waals surface area (Å²) < 4.78 is 31.8. The number of aliphatic hydroxyl groups is 3. The van der Waals surface area contributed by atoms with Crippen LogP contribution in [0.2, 0.25) is 0 Å². The quantitative estimate of drug-likeness (QED) is 0.160. The van der Waals surface area contributed by atoms with Crippen LogP contribution in [0.15, 0.2) is 121 Å². The summed E-state index contributed by atoms with van der Waals surface area (Å²) in [6, 6.07) is 39.8. The molecule has 9 atom stereocenters. The molecule has 0 bridgehead atoms. The Labute approximate surface area is 285 Å². The molecule has 9 heteroatoms. The van der Waals surface area contributed by atoms with Crippen LogP contribution in [-0.2, 0) is 61.0 Å². The lowest BCUT2D eigenvalue weighted by molar-refractivity contribution is -0.295. The van der Waals surface area contributed by atoms with E-state index in [0.29, 0.717) is 37.9 Å². The molecule has 8 nitrogen and oxygen atoms in total. The lowest BCUT2D eigenvalue weighted by Crippen LogP contribution is -2.60. The zero-order chi connectivity index (χ0) is 33.1. The standard InChI is InChI=1S/C39H45O8S/c40-35-32(47-39(37(42)36(35)41)46-24-31-19-11-4-12-20-31)26-48-27-33(44-22-29-15-7-2-8-16-29)38(45-23-30-17-9-3-10-18-30)34(48)25-43-21-28-13-5-1-6-14-28/h1-20,32-42H,21-27H2/q+1/t32-,33-,34-,35-,36+,37-,38+,39+,48?/m1/s1. The summed E-state index contributed by atoms with van der Waals surface area (Å²) in [5, 5.41) is 32.7. The zero-order valence-corrected chi connectivity index (χ0v) is 27.7. The van der Waals surface area contributed by atoms with Gasteiger partial charge in [-0.1, -0.05) is 121 Å². The predicted octanol–water partition coefficient (Wildman–Crippen LogP) is 4.40. The van der Waals surface area contributed by atoms with E-state index in [2.05, 4.69) is 0 Å². The third-order valence-corrected chi connectivity index (χ3v) is 11.6. The molecule has 2 fully saturated rings. The molecule has 3 N–H and O–H groups in total. The van der Waals surface area contributed by atoms with Gasteiger partial charge in [-0.15, -0.1) is 0 Å². The van der Waals surface area contributed by atoms with Crippen LogP contribution in [0.3, 0.4) is 0 Å². The van der Waals surface area contributed by atoms with Crippen molar-refractivity contribution in [2.45, 2.75) is 74.6 Å². The number of aliphatic hydroxyl groups excluding tert-OH is 3. The van der Waals surface area contributed by atoms with Gasteiger partial charge in [-0.3, -0.25) is 0 Å². The second-order valence-electron chi connectivity index (χ2n) is 12.3. The van der Waals surface area contributed by atoms with Crippen molar-refractivity contribution >= 4 is 10.9 Å². The molecule has 254 valence electrons. The maximum Gasteiger partial charge on any atom is 0.187 e. The molecule has 6 rings (SSSR count). The van der Waals surface area contributed by atoms with Crippen molar-refractivity contribution in [3.05, 3.63) is 144 Å². The van der Waals surface area contributed by atoms with Gasteiger partial charge in [0.15, 0.2) is 11.5 Å². The summed E-state index contributed by atoms with van der Waals surface area (Å²) in [5.74, 6) is 1.10. The molecular weight excluding hydrogens is 628 g/mol. The largest absolute Gasteiger partial charge is 0.387 e. The summed E-state index contributed by atoms with van der Waals surface area (Å²) >= 11 is 0. The lowest BCUT2D eigenvalue weighted by atomic mass is 10.00. The maximum absolute atomic E-state index is 11.1. The van der Waals surface area contributed by atoms with Gasteiger partial charge in [-0.25, -0.2) is 0 Å². The Morgan fingerprint density at radius 1 is 0.562 bits per heavy atom. The first-order valence-electron chi connectivity index (χ1n) is 16.5. The van der Waals surface area contributed by atoms with Crippen molar-refractivity contribution < 1.29 is 39.0 Å². The molecule has 2 heterocycles. The Bertz CT molecular complexity index is 1480. The van der Waals surface area contributed by atoms with Gasteiger partial charge in [0.2, 0.25) is 0 Å². The van der Waals surface area contributed by atoms with E-state index in [9.17, 15) is 15.3 Å². The fraction of sp³-hybridized carbons (Fsp3) is 0.385. The van der Waals surface area contributed by atoms with Gasteiger partial charge in [-0.2, -0.15) is 0 Å². The Hall–Kier alpha value is -3.09. The summed E-state index contributed by atoms with van der Waals surface area (Å²) in [6.45, 7) is 1.94. The third-order valence-electron chi connectivity index (χ3n) is 8.83. The first-order chi connectivity index (χ1) is 23.5. The molecule has 0 aromatic heterocycles. The van der Waals surface area contributed by atoms with Gasteiger partial charge in [0, 0.05) is 10.9 Å². The fourth-order valence-electron chi connectivity index (χ4n) is 6.17. The SMILES string of the molecule is O[C@@H]1[C@@H](O)[C@@H](OCc2ccccc2)O[C@H](C[S+]2C[C@@H](OCc3ccccc3)[C@H](OCc3ccccc3)[C@H]2COCc2ccccc2)[C@H]1O. The van der Waals surface area contributed by atoms with Crippen LogP contribution in [0, 0.1) is 0 Å². The number of ether oxygens (including phenoxy) is 5. The molecular formula is C39H45O8S+. The molecule has 0 amide bonds. The van der Waals surface area contributed by atoms with E-state index in [-0.39, 0.29) is 24.1 Å². The Balaban J connectivity index is 1.20. The topological polar surface area (TPSA) is 107 Å². The Morgan fingerprint density at radius 3 is 1.58 bits per heavy atom. The molecule has 2 aliphatic rings. The van der Waals surface area contributed by atoms with Crippen LogP contribution in [-0.4, -0.2) is 81.6 Å². The second-order valence-corrected chi connectivity index (χ2v) is 14.7. The van der Waals surface area contributed by atoms with E-state index >= 15 is 0 Å². The van der Waals surface area contributed by atoms with Crippen LogP contribution >= 0.6 is 0 Å². The molecule has 0 aliphatic carbocycles. The van der Waals surface area contributed by atoms with Crippen LogP contribution in [0.25, 0.3) is 0 Å². The lowest BCUT2D eigenvalue weighted by Gasteiger charge is -2.39. The van der Waals surface area contributed by atoms with Crippen molar-refractivity contribution in [1.29, 1.82) is 0 Å². The number of hydrogen-bond donors (Lipinski definition) is 3. The normalized spacial score (nSPS) is 28.8. The highest BCUT2D eigenvalue weighted by molar-refractivity contribution is 7.97. The summed E-state index contributed by atoms with van der Waals surface area (Å²) in [4.78, 5) is 0. The van der Waals surface area contributed by atoms with Gasteiger partial charge in [-0.05, 0) is 22.3 Å². The van der Waals surface area contributed by atoms with Gasteiger partial charge in [0.25, 0.3) is 0 Å². The molecule has 2 aliphatic heterocycles. The third kappa shape index (κ3) is 9.32. The van der Waals surface area contributed by atoms with Crippen molar-refractivity contribution in [3.63, 3.8) is 0 Å². The van der Waals surface area contributed by atoms with E-state index in [0.717, 1.165) is 22.3 Å². The fourth-order valence-corrected chi connectivity index (χ4v) is 9.12. The molecule has 48 heavy (non-hydrogen) atoms. The highest BCUT2D eigenvalue weighted by Gasteiger charge is 2.56. The van der Waals surface area contributed by atoms with Crippen molar-refractivity contribution in [1.82, 2.24) is 0 Å². The molecule has 0 radical (unpaired) electrons.